The molecule has 0 aromatic heterocycles. The summed E-state index contributed by atoms with van der Waals surface area (Å²) in [6.07, 6.45) is -4.59. The average Bonchev–Trinajstić information content (AvgIpc) is 3.17. The van der Waals surface area contributed by atoms with Crippen molar-refractivity contribution in [2.24, 2.45) is 0 Å². The highest BCUT2D eigenvalue weighted by Gasteiger charge is 2.45. The molecule has 1 nitrogen and oxygen atoms in total. The van der Waals surface area contributed by atoms with Crippen molar-refractivity contribution in [3.63, 3.8) is 0 Å². The topological polar surface area (TPSA) is 3.24 Å². The van der Waals surface area contributed by atoms with Crippen molar-refractivity contribution in [2.75, 3.05) is 4.90 Å². The number of halogens is 3. The summed E-state index contributed by atoms with van der Waals surface area (Å²) >= 11 is 0. The Bertz CT molecular complexity index is 2370. The first-order valence-corrected chi connectivity index (χ1v) is 17.8. The fourth-order valence-corrected chi connectivity index (χ4v) is 8.91. The molecular formula is C46H34B2F3N. The second-order valence-electron chi connectivity index (χ2n) is 14.3. The number of alkyl halides is 3. The highest BCUT2D eigenvalue weighted by Crippen LogP contribution is 2.53. The molecule has 0 aliphatic carbocycles. The first-order chi connectivity index (χ1) is 25.2. The van der Waals surface area contributed by atoms with Gasteiger partial charge in [-0.2, -0.15) is 13.2 Å². The fourth-order valence-electron chi connectivity index (χ4n) is 8.91. The number of rotatable bonds is 4. The number of nitrogens with zero attached hydrogens (tertiary/aromatic N) is 1. The molecule has 7 aromatic carbocycles. The third kappa shape index (κ3) is 4.96. The van der Waals surface area contributed by atoms with Crippen LogP contribution in [0.4, 0.5) is 30.2 Å². The minimum absolute atomic E-state index is 0.108. The lowest BCUT2D eigenvalue weighted by molar-refractivity contribution is -0.136. The summed E-state index contributed by atoms with van der Waals surface area (Å²) in [6, 6.07) is 55.8. The van der Waals surface area contributed by atoms with Crippen molar-refractivity contribution < 1.29 is 13.2 Å². The third-order valence-electron chi connectivity index (χ3n) is 11.1. The summed E-state index contributed by atoms with van der Waals surface area (Å²) in [6.45, 7) is 3.70. The molecule has 0 saturated carbocycles. The van der Waals surface area contributed by atoms with E-state index in [0.29, 0.717) is 5.56 Å². The molecule has 52 heavy (non-hydrogen) atoms. The number of para-hydroxylation sites is 3. The van der Waals surface area contributed by atoms with Gasteiger partial charge < -0.3 is 4.90 Å². The Morgan fingerprint density at radius 3 is 1.44 bits per heavy atom. The number of fused-ring (bicyclic) bond motifs is 4. The largest absolute Gasteiger partial charge is 0.415 e. The smallest absolute Gasteiger partial charge is 0.309 e. The van der Waals surface area contributed by atoms with Crippen LogP contribution in [0.15, 0.2) is 170 Å². The van der Waals surface area contributed by atoms with E-state index in [4.69, 9.17) is 0 Å². The van der Waals surface area contributed by atoms with Crippen LogP contribution in [0.1, 0.15) is 30.5 Å². The quantitative estimate of drug-likeness (QED) is 0.172. The molecule has 0 spiro atoms. The Balaban J connectivity index is 1.34. The normalized spacial score (nSPS) is 14.3. The molecule has 250 valence electrons. The molecule has 6 heteroatoms. The first-order valence-electron chi connectivity index (χ1n) is 17.8. The maximum Gasteiger partial charge on any atom is 0.415 e. The second-order valence-corrected chi connectivity index (χ2v) is 14.3. The first kappa shape index (κ1) is 32.2. The van der Waals surface area contributed by atoms with Crippen molar-refractivity contribution in [1.29, 1.82) is 0 Å². The summed E-state index contributed by atoms with van der Waals surface area (Å²) in [5.74, 6) is 0. The molecule has 0 atom stereocenters. The Hall–Kier alpha value is -5.74. The molecule has 2 heterocycles. The van der Waals surface area contributed by atoms with Crippen LogP contribution < -0.4 is 37.7 Å². The lowest BCUT2D eigenvalue weighted by Gasteiger charge is -2.42. The number of benzene rings is 7. The van der Waals surface area contributed by atoms with E-state index in [9.17, 15) is 0 Å². The van der Waals surface area contributed by atoms with Gasteiger partial charge in [0, 0.05) is 11.0 Å². The van der Waals surface area contributed by atoms with Gasteiger partial charge in [0.05, 0.1) is 22.6 Å². The van der Waals surface area contributed by atoms with E-state index in [2.05, 4.69) is 79.4 Å². The fraction of sp³-hybridized carbons (Fsp3) is 0.0870. The lowest BCUT2D eigenvalue weighted by Crippen LogP contribution is -2.75. The van der Waals surface area contributed by atoms with Gasteiger partial charge >= 0.3 is 6.18 Å². The van der Waals surface area contributed by atoms with Crippen LogP contribution in [0.2, 0.25) is 0 Å². The van der Waals surface area contributed by atoms with Gasteiger partial charge in [0.15, 0.2) is 0 Å². The van der Waals surface area contributed by atoms with Crippen molar-refractivity contribution in [3.05, 3.63) is 187 Å². The van der Waals surface area contributed by atoms with E-state index < -0.39 is 18.5 Å². The Morgan fingerprint density at radius 2 is 0.885 bits per heavy atom. The zero-order chi connectivity index (χ0) is 35.6. The van der Waals surface area contributed by atoms with E-state index in [1.54, 1.807) is 6.07 Å². The number of anilines is 3. The number of hydrogen-bond acceptors (Lipinski definition) is 1. The molecular weight excluding hydrogens is 645 g/mol. The number of hydrogen-bond donors (Lipinski definition) is 0. The van der Waals surface area contributed by atoms with Gasteiger partial charge in [-0.1, -0.05) is 193 Å². The van der Waals surface area contributed by atoms with Crippen molar-refractivity contribution >= 4 is 63.3 Å². The van der Waals surface area contributed by atoms with Crippen LogP contribution in [0, 0.1) is 0 Å². The van der Waals surface area contributed by atoms with Gasteiger partial charge in [-0.25, -0.2) is 0 Å². The standard InChI is InChI=1S/C46H34B2F3N/c1-45(2)34-21-7-14-29-42(34)52(43-30-15-8-22-35(43)45)41-28-13-6-19-32(41)33-20-16-23-36(46(49,50)51)44(33)48-39-26-11-9-24-37(39)47(31-17-4-3-5-18-31)38-25-10-12-27-40(38)48/h3-30H,1-2H3. The van der Waals surface area contributed by atoms with Crippen LogP contribution in [-0.4, -0.2) is 13.4 Å². The zero-order valence-electron chi connectivity index (χ0n) is 28.9. The summed E-state index contributed by atoms with van der Waals surface area (Å²) in [4.78, 5) is 2.24. The molecule has 0 fully saturated rings. The van der Waals surface area contributed by atoms with E-state index >= 15 is 13.2 Å². The minimum Gasteiger partial charge on any atom is -0.309 e. The van der Waals surface area contributed by atoms with Gasteiger partial charge in [0.2, 0.25) is 13.4 Å². The maximum absolute atomic E-state index is 15.5. The van der Waals surface area contributed by atoms with E-state index in [0.717, 1.165) is 61.1 Å². The van der Waals surface area contributed by atoms with Crippen molar-refractivity contribution in [1.82, 2.24) is 0 Å². The summed E-state index contributed by atoms with van der Waals surface area (Å²) < 4.78 is 46.6. The highest BCUT2D eigenvalue weighted by molar-refractivity contribution is 7.11. The van der Waals surface area contributed by atoms with Gasteiger partial charge in [-0.05, 0) is 40.4 Å². The molecule has 0 N–H and O–H groups in total. The Labute approximate surface area is 303 Å². The van der Waals surface area contributed by atoms with E-state index in [-0.39, 0.29) is 17.6 Å². The Kier molecular flexibility index (Phi) is 7.55. The molecule has 0 bridgehead atoms. The van der Waals surface area contributed by atoms with Crippen molar-refractivity contribution in [2.45, 2.75) is 25.4 Å². The second kappa shape index (κ2) is 12.2. The van der Waals surface area contributed by atoms with E-state index in [1.165, 1.54) is 6.07 Å². The molecule has 0 radical (unpaired) electrons. The van der Waals surface area contributed by atoms with Gasteiger partial charge in [-0.15, -0.1) is 0 Å². The van der Waals surface area contributed by atoms with Crippen LogP contribution >= 0.6 is 0 Å². The van der Waals surface area contributed by atoms with Gasteiger partial charge in [0.1, 0.15) is 0 Å². The van der Waals surface area contributed by atoms with Gasteiger partial charge in [0.25, 0.3) is 0 Å². The third-order valence-corrected chi connectivity index (χ3v) is 11.1. The molecule has 7 aromatic rings. The minimum atomic E-state index is -4.59. The predicted octanol–water partition coefficient (Wildman–Crippen LogP) is 7.83. The Morgan fingerprint density at radius 1 is 0.442 bits per heavy atom. The molecule has 0 amide bonds. The van der Waals surface area contributed by atoms with Gasteiger partial charge in [-0.3, -0.25) is 0 Å². The SMILES string of the molecule is CC1(C)c2ccccc2N(c2ccccc2-c2cccc(C(F)(F)F)c2B2c3ccccc3B(c3ccccc3)c3ccccc32)c2ccccc21. The molecule has 0 unspecified atom stereocenters. The van der Waals surface area contributed by atoms with E-state index in [1.807, 2.05) is 97.1 Å². The summed E-state index contributed by atoms with van der Waals surface area (Å²) in [5, 5.41) is 0. The van der Waals surface area contributed by atoms with Crippen LogP contribution in [0.3, 0.4) is 0 Å². The molecule has 2 aliphatic rings. The molecule has 0 saturated heterocycles. The monoisotopic (exact) mass is 679 g/mol. The van der Waals surface area contributed by atoms with Crippen LogP contribution in [-0.2, 0) is 11.6 Å². The predicted molar refractivity (Wildman–Crippen MR) is 212 cm³/mol. The average molecular weight is 679 g/mol. The maximum atomic E-state index is 15.5. The highest BCUT2D eigenvalue weighted by atomic mass is 19.4. The molecule has 2 aliphatic heterocycles. The lowest BCUT2D eigenvalue weighted by atomic mass is 9.20. The zero-order valence-corrected chi connectivity index (χ0v) is 28.9. The van der Waals surface area contributed by atoms with Crippen LogP contribution in [0.5, 0.6) is 0 Å². The van der Waals surface area contributed by atoms with Crippen LogP contribution in [0.25, 0.3) is 11.1 Å². The summed E-state index contributed by atoms with van der Waals surface area (Å²) in [5.41, 5.74) is 10.8. The van der Waals surface area contributed by atoms with Crippen molar-refractivity contribution in [3.8, 4) is 11.1 Å². The molecule has 9 rings (SSSR count). The summed E-state index contributed by atoms with van der Waals surface area (Å²) in [7, 11) is 0.